The summed E-state index contributed by atoms with van der Waals surface area (Å²) in [6, 6.07) is 12.3. The van der Waals surface area contributed by atoms with Crippen LogP contribution in [0, 0.1) is 12.7 Å². The van der Waals surface area contributed by atoms with E-state index < -0.39 is 6.09 Å². The van der Waals surface area contributed by atoms with Crippen molar-refractivity contribution in [3.63, 3.8) is 0 Å². The van der Waals surface area contributed by atoms with E-state index in [0.29, 0.717) is 36.8 Å². The van der Waals surface area contributed by atoms with Crippen LogP contribution < -0.4 is 15.5 Å². The maximum atomic E-state index is 14.1. The zero-order valence-electron chi connectivity index (χ0n) is 21.2. The summed E-state index contributed by atoms with van der Waals surface area (Å²) in [5, 5.41) is 18.5. The van der Waals surface area contributed by atoms with E-state index in [-0.39, 0.29) is 18.5 Å². The molecule has 0 saturated carbocycles. The van der Waals surface area contributed by atoms with Gasteiger partial charge in [0.05, 0.1) is 42.9 Å². The van der Waals surface area contributed by atoms with Crippen LogP contribution in [0.4, 0.5) is 26.4 Å². The number of hydrogen-bond donors (Lipinski definition) is 3. The molecule has 1 aliphatic heterocycles. The third kappa shape index (κ3) is 5.24. The highest BCUT2D eigenvalue weighted by atomic mass is 19.1. The molecule has 3 aromatic heterocycles. The second-order valence-electron chi connectivity index (χ2n) is 9.35. The van der Waals surface area contributed by atoms with Gasteiger partial charge >= 0.3 is 6.09 Å². The number of morpholine rings is 1. The van der Waals surface area contributed by atoms with Crippen LogP contribution in [0.2, 0.25) is 0 Å². The number of aromatic amines is 1. The number of nitrogens with one attached hydrogen (secondary N) is 3. The molecular formula is C27H27FN8O3. The van der Waals surface area contributed by atoms with E-state index >= 15 is 0 Å². The zero-order valence-corrected chi connectivity index (χ0v) is 21.2. The largest absolute Gasteiger partial charge is 0.448 e. The Bertz CT molecular complexity index is 1630. The molecule has 200 valence electrons. The Morgan fingerprint density at radius 2 is 2.23 bits per heavy atom. The van der Waals surface area contributed by atoms with Gasteiger partial charge in [0.15, 0.2) is 5.82 Å². The molecule has 1 saturated heterocycles. The van der Waals surface area contributed by atoms with Crippen molar-refractivity contribution in [2.24, 2.45) is 0 Å². The summed E-state index contributed by atoms with van der Waals surface area (Å²) in [4.78, 5) is 19.2. The van der Waals surface area contributed by atoms with Crippen LogP contribution in [0.15, 0.2) is 61.2 Å². The van der Waals surface area contributed by atoms with Crippen LogP contribution in [-0.2, 0) is 16.0 Å². The van der Waals surface area contributed by atoms with Gasteiger partial charge in [-0.05, 0) is 42.8 Å². The molecule has 1 unspecified atom stereocenters. The molecular weight excluding hydrogens is 503 g/mol. The number of halogens is 1. The molecule has 39 heavy (non-hydrogen) atoms. The minimum Gasteiger partial charge on any atom is -0.448 e. The summed E-state index contributed by atoms with van der Waals surface area (Å²) in [5.41, 5.74) is 4.51. The Kier molecular flexibility index (Phi) is 6.78. The van der Waals surface area contributed by atoms with Crippen LogP contribution >= 0.6 is 0 Å². The van der Waals surface area contributed by atoms with Crippen LogP contribution in [0.25, 0.3) is 16.4 Å². The van der Waals surface area contributed by atoms with Gasteiger partial charge in [0.25, 0.3) is 0 Å². The number of hydrogen-bond acceptors (Lipinski definition) is 8. The molecule has 3 N–H and O–H groups in total. The Labute approximate surface area is 222 Å². The number of anilines is 3. The fraction of sp³-hybridized carbons (Fsp3) is 0.259. The second-order valence-corrected chi connectivity index (χ2v) is 9.35. The first kappa shape index (κ1) is 24.8. The van der Waals surface area contributed by atoms with E-state index in [1.807, 2.05) is 36.1 Å². The number of carbonyl (C=O) groups is 1. The number of ether oxygens (including phenoxy) is 2. The minimum absolute atomic E-state index is 0.0416. The maximum Gasteiger partial charge on any atom is 0.411 e. The average Bonchev–Trinajstić information content (AvgIpc) is 3.55. The second kappa shape index (κ2) is 10.7. The number of aromatic nitrogens is 5. The lowest BCUT2D eigenvalue weighted by Crippen LogP contribution is -2.44. The summed E-state index contributed by atoms with van der Waals surface area (Å²) in [6.07, 6.45) is 4.35. The molecule has 11 nitrogen and oxygen atoms in total. The average molecular weight is 531 g/mol. The number of amides is 1. The van der Waals surface area contributed by atoms with Gasteiger partial charge in [-0.1, -0.05) is 12.1 Å². The van der Waals surface area contributed by atoms with Crippen molar-refractivity contribution in [2.75, 3.05) is 36.6 Å². The van der Waals surface area contributed by atoms with Gasteiger partial charge in [0.1, 0.15) is 24.3 Å². The third-order valence-electron chi connectivity index (χ3n) is 6.68. The first-order valence-electron chi connectivity index (χ1n) is 12.6. The minimum atomic E-state index is -0.571. The van der Waals surface area contributed by atoms with E-state index in [2.05, 4.69) is 30.9 Å². The summed E-state index contributed by atoms with van der Waals surface area (Å²) < 4.78 is 26.6. The number of carbonyl (C=O) groups excluding carboxylic acids is 1. The predicted molar refractivity (Wildman–Crippen MR) is 144 cm³/mol. The van der Waals surface area contributed by atoms with Crippen molar-refractivity contribution < 1.29 is 18.7 Å². The first-order chi connectivity index (χ1) is 19.0. The van der Waals surface area contributed by atoms with Crippen molar-refractivity contribution in [2.45, 2.75) is 19.5 Å². The van der Waals surface area contributed by atoms with Gasteiger partial charge in [0, 0.05) is 29.7 Å². The highest BCUT2D eigenvalue weighted by molar-refractivity contribution is 5.91. The maximum absolute atomic E-state index is 14.1. The lowest BCUT2D eigenvalue weighted by molar-refractivity contribution is 0.0494. The Morgan fingerprint density at radius 3 is 3.08 bits per heavy atom. The number of nitrogens with zero attached hydrogens (tertiary/aromatic N) is 5. The van der Waals surface area contributed by atoms with Gasteiger partial charge in [-0.2, -0.15) is 10.2 Å². The lowest BCUT2D eigenvalue weighted by Gasteiger charge is -2.25. The van der Waals surface area contributed by atoms with Crippen molar-refractivity contribution in [3.8, 4) is 0 Å². The van der Waals surface area contributed by atoms with Gasteiger partial charge in [-0.25, -0.2) is 18.7 Å². The molecule has 2 aromatic carbocycles. The Balaban J connectivity index is 1.34. The van der Waals surface area contributed by atoms with Gasteiger partial charge in [0.2, 0.25) is 0 Å². The van der Waals surface area contributed by atoms with E-state index in [1.165, 1.54) is 18.5 Å². The molecule has 5 aromatic rings. The SMILES string of the molecule is Cc1c(NC(=O)OCC2COCCN2)cn2ncnc(N(Cc3cccc(F)c3)c3ccc4[nH]ncc4c3)c12. The standard InChI is InChI=1S/C27H27FN8O3/c1-17-24(33-27(37)39-15-21-14-38-8-7-29-21)13-36-25(17)26(30-16-32-36)35(12-18-3-2-4-20(28)9-18)22-5-6-23-19(10-22)11-31-34-23/h2-6,9-11,13,16,21,29H,7-8,12,14-15H2,1H3,(H,31,34)(H,33,37). The molecule has 0 bridgehead atoms. The van der Waals surface area contributed by atoms with Crippen LogP contribution in [0.5, 0.6) is 0 Å². The van der Waals surface area contributed by atoms with Gasteiger partial charge in [-0.3, -0.25) is 10.4 Å². The highest BCUT2D eigenvalue weighted by Crippen LogP contribution is 2.35. The number of benzene rings is 2. The molecule has 0 aliphatic carbocycles. The van der Waals surface area contributed by atoms with Crippen LogP contribution in [0.3, 0.4) is 0 Å². The molecule has 0 spiro atoms. The van der Waals surface area contributed by atoms with Crippen LogP contribution in [0.1, 0.15) is 11.1 Å². The molecule has 1 fully saturated rings. The number of aryl methyl sites for hydroxylation is 1. The Morgan fingerprint density at radius 1 is 1.31 bits per heavy atom. The van der Waals surface area contributed by atoms with Crippen molar-refractivity contribution in [1.82, 2.24) is 30.1 Å². The fourth-order valence-electron chi connectivity index (χ4n) is 4.72. The molecule has 0 radical (unpaired) electrons. The zero-order chi connectivity index (χ0) is 26.8. The van der Waals surface area contributed by atoms with E-state index in [4.69, 9.17) is 9.47 Å². The molecule has 4 heterocycles. The Hall–Kier alpha value is -4.55. The smallest absolute Gasteiger partial charge is 0.411 e. The first-order valence-corrected chi connectivity index (χ1v) is 12.6. The summed E-state index contributed by atoms with van der Waals surface area (Å²) >= 11 is 0. The molecule has 6 rings (SSSR count). The van der Waals surface area contributed by atoms with E-state index in [0.717, 1.165) is 34.3 Å². The topological polar surface area (TPSA) is 122 Å². The number of fused-ring (bicyclic) bond motifs is 2. The van der Waals surface area contributed by atoms with E-state index in [9.17, 15) is 9.18 Å². The molecule has 1 atom stereocenters. The lowest BCUT2D eigenvalue weighted by atomic mass is 10.1. The number of rotatable bonds is 7. The number of H-pyrrole nitrogens is 1. The third-order valence-corrected chi connectivity index (χ3v) is 6.68. The molecule has 1 aliphatic rings. The normalized spacial score (nSPS) is 15.5. The predicted octanol–water partition coefficient (Wildman–Crippen LogP) is 3.93. The monoisotopic (exact) mass is 530 g/mol. The van der Waals surface area contributed by atoms with E-state index in [1.54, 1.807) is 23.0 Å². The summed E-state index contributed by atoms with van der Waals surface area (Å²) in [7, 11) is 0. The fourth-order valence-corrected chi connectivity index (χ4v) is 4.72. The highest BCUT2D eigenvalue weighted by Gasteiger charge is 2.22. The van der Waals surface area contributed by atoms with Crippen molar-refractivity contribution in [1.29, 1.82) is 0 Å². The van der Waals surface area contributed by atoms with Gasteiger partial charge in [-0.15, -0.1) is 0 Å². The van der Waals surface area contributed by atoms with Crippen LogP contribution in [-0.4, -0.2) is 63.3 Å². The quantitative estimate of drug-likeness (QED) is 0.289. The molecule has 12 heteroatoms. The summed E-state index contributed by atoms with van der Waals surface area (Å²) in [6.45, 7) is 4.29. The van der Waals surface area contributed by atoms with Crippen molar-refractivity contribution >= 4 is 39.7 Å². The summed E-state index contributed by atoms with van der Waals surface area (Å²) in [5.74, 6) is 0.281. The van der Waals surface area contributed by atoms with Crippen molar-refractivity contribution in [3.05, 3.63) is 78.1 Å². The van der Waals surface area contributed by atoms with Gasteiger partial charge < -0.3 is 19.7 Å². The molecule has 1 amide bonds.